The van der Waals surface area contributed by atoms with Crippen molar-refractivity contribution in [1.29, 1.82) is 0 Å². The van der Waals surface area contributed by atoms with Crippen molar-refractivity contribution >= 4 is 0 Å². The smallest absolute Gasteiger partial charge is 0.00990 e. The summed E-state index contributed by atoms with van der Waals surface area (Å²) in [5.74, 6) is 2.44. The van der Waals surface area contributed by atoms with Crippen molar-refractivity contribution < 1.29 is 0 Å². The molecular formula is C15H19. The highest BCUT2D eigenvalue weighted by molar-refractivity contribution is 5.38. The summed E-state index contributed by atoms with van der Waals surface area (Å²) in [6, 6.07) is 4.45. The zero-order valence-corrected chi connectivity index (χ0v) is 9.98. The summed E-state index contributed by atoms with van der Waals surface area (Å²) in [4.78, 5) is 0. The Hall–Kier alpha value is -1.22. The summed E-state index contributed by atoms with van der Waals surface area (Å²) in [6.45, 7) is 6.57. The highest BCUT2D eigenvalue weighted by atomic mass is 14.1. The first kappa shape index (κ1) is 11.9. The number of aryl methyl sites for hydroxylation is 2. The molecule has 0 heterocycles. The minimum absolute atomic E-state index is 0.796. The van der Waals surface area contributed by atoms with E-state index in [0.29, 0.717) is 0 Å². The summed E-state index contributed by atoms with van der Waals surface area (Å²) in [7, 11) is 0. The molecular weight excluding hydrogens is 180 g/mol. The predicted octanol–water partition coefficient (Wildman–Crippen LogP) is 3.91. The molecule has 0 aliphatic rings. The largest absolute Gasteiger partial charge is 0.0891 e. The van der Waals surface area contributed by atoms with Crippen LogP contribution < -0.4 is 0 Å². The summed E-state index contributed by atoms with van der Waals surface area (Å²) >= 11 is 0. The third-order valence-corrected chi connectivity index (χ3v) is 3.17. The van der Waals surface area contributed by atoms with Crippen LogP contribution in [0.2, 0.25) is 0 Å². The van der Waals surface area contributed by atoms with Crippen LogP contribution in [-0.4, -0.2) is 0 Å². The number of rotatable bonds is 4. The first-order valence-corrected chi connectivity index (χ1v) is 5.62. The van der Waals surface area contributed by atoms with Crippen molar-refractivity contribution in [2.24, 2.45) is 0 Å². The summed E-state index contributed by atoms with van der Waals surface area (Å²) in [5, 5.41) is 0. The third kappa shape index (κ3) is 3.13. The fourth-order valence-corrected chi connectivity index (χ4v) is 1.81. The summed E-state index contributed by atoms with van der Waals surface area (Å²) < 4.78 is 0. The second-order valence-electron chi connectivity index (χ2n) is 4.18. The molecule has 0 bridgehead atoms. The van der Waals surface area contributed by atoms with Crippen molar-refractivity contribution in [3.05, 3.63) is 40.8 Å². The molecule has 0 aliphatic heterocycles. The standard InChI is InChI=1S/C15H19/c1-5-6-7-8-9-15-11-10-12(2)13(3)14(15)4/h10-11H,6-9H2,2-4H3. The molecule has 1 aromatic rings. The molecule has 1 aromatic carbocycles. The van der Waals surface area contributed by atoms with Gasteiger partial charge in [-0.2, -0.15) is 0 Å². The molecule has 0 nitrogen and oxygen atoms in total. The van der Waals surface area contributed by atoms with Crippen molar-refractivity contribution in [2.75, 3.05) is 0 Å². The zero-order valence-electron chi connectivity index (χ0n) is 9.98. The van der Waals surface area contributed by atoms with E-state index in [2.05, 4.69) is 38.8 Å². The van der Waals surface area contributed by atoms with Gasteiger partial charge in [0.2, 0.25) is 0 Å². The molecule has 0 amide bonds. The van der Waals surface area contributed by atoms with Gasteiger partial charge in [0.15, 0.2) is 0 Å². The van der Waals surface area contributed by atoms with Crippen molar-refractivity contribution in [2.45, 2.75) is 46.5 Å². The van der Waals surface area contributed by atoms with Gasteiger partial charge in [-0.25, -0.2) is 0 Å². The van der Waals surface area contributed by atoms with E-state index in [1.165, 1.54) is 22.3 Å². The topological polar surface area (TPSA) is 0 Å². The highest BCUT2D eigenvalue weighted by Gasteiger charge is 2.02. The van der Waals surface area contributed by atoms with Crippen molar-refractivity contribution in [3.8, 4) is 5.92 Å². The third-order valence-electron chi connectivity index (χ3n) is 3.17. The Morgan fingerprint density at radius 2 is 1.80 bits per heavy atom. The lowest BCUT2D eigenvalue weighted by Gasteiger charge is -2.10. The minimum Gasteiger partial charge on any atom is -0.0891 e. The lowest BCUT2D eigenvalue weighted by Crippen LogP contribution is -1.95. The van der Waals surface area contributed by atoms with Crippen LogP contribution in [0.4, 0.5) is 0 Å². The Morgan fingerprint density at radius 3 is 2.47 bits per heavy atom. The van der Waals surface area contributed by atoms with Gasteiger partial charge in [-0.05, 0) is 68.7 Å². The second kappa shape index (κ2) is 5.61. The van der Waals surface area contributed by atoms with E-state index in [1.54, 1.807) is 0 Å². The van der Waals surface area contributed by atoms with Crippen molar-refractivity contribution in [1.82, 2.24) is 0 Å². The van der Waals surface area contributed by atoms with Gasteiger partial charge in [0, 0.05) is 6.42 Å². The van der Waals surface area contributed by atoms with Gasteiger partial charge < -0.3 is 0 Å². The van der Waals surface area contributed by atoms with E-state index >= 15 is 0 Å². The van der Waals surface area contributed by atoms with Gasteiger partial charge in [-0.15, -0.1) is 0 Å². The predicted molar refractivity (Wildman–Crippen MR) is 65.3 cm³/mol. The van der Waals surface area contributed by atoms with Gasteiger partial charge >= 0.3 is 0 Å². The molecule has 0 aromatic heterocycles. The van der Waals surface area contributed by atoms with Crippen LogP contribution >= 0.6 is 0 Å². The Morgan fingerprint density at radius 1 is 1.07 bits per heavy atom. The molecule has 0 spiro atoms. The van der Waals surface area contributed by atoms with Crippen LogP contribution in [0.1, 0.15) is 41.5 Å². The minimum atomic E-state index is 0.796. The molecule has 0 fully saturated rings. The first-order chi connectivity index (χ1) is 7.16. The van der Waals surface area contributed by atoms with Crippen LogP contribution in [0.15, 0.2) is 12.1 Å². The van der Waals surface area contributed by atoms with E-state index < -0.39 is 0 Å². The van der Waals surface area contributed by atoms with Gasteiger partial charge in [-0.1, -0.05) is 18.1 Å². The summed E-state index contributed by atoms with van der Waals surface area (Å²) in [5.41, 5.74) is 5.70. The van der Waals surface area contributed by atoms with Gasteiger partial charge in [-0.3, -0.25) is 0 Å². The van der Waals surface area contributed by atoms with E-state index in [4.69, 9.17) is 6.42 Å². The number of benzene rings is 1. The van der Waals surface area contributed by atoms with E-state index in [9.17, 15) is 0 Å². The molecule has 15 heavy (non-hydrogen) atoms. The molecule has 0 heteroatoms. The lowest BCUT2D eigenvalue weighted by atomic mass is 9.95. The fraction of sp³-hybridized carbons (Fsp3) is 0.467. The van der Waals surface area contributed by atoms with E-state index in [-0.39, 0.29) is 0 Å². The molecule has 0 atom stereocenters. The Bertz CT molecular complexity index is 366. The van der Waals surface area contributed by atoms with Crippen LogP contribution in [0.3, 0.4) is 0 Å². The van der Waals surface area contributed by atoms with Crippen LogP contribution in [0.25, 0.3) is 0 Å². The van der Waals surface area contributed by atoms with Crippen LogP contribution in [0.5, 0.6) is 0 Å². The normalized spacial score (nSPS) is 10.0. The molecule has 0 unspecified atom stereocenters. The number of hydrogen-bond donors (Lipinski definition) is 0. The maximum atomic E-state index is 6.84. The van der Waals surface area contributed by atoms with Crippen molar-refractivity contribution in [3.63, 3.8) is 0 Å². The Balaban J connectivity index is 2.63. The molecule has 1 radical (unpaired) electrons. The fourth-order valence-electron chi connectivity index (χ4n) is 1.81. The molecule has 79 valence electrons. The average molecular weight is 199 g/mol. The number of unbranched alkanes of at least 4 members (excludes halogenated alkanes) is 2. The number of hydrogen-bond acceptors (Lipinski definition) is 0. The SMILES string of the molecule is [C]#CCCCCc1ccc(C)c(C)c1C. The molecule has 1 rings (SSSR count). The maximum absolute atomic E-state index is 6.84. The van der Waals surface area contributed by atoms with E-state index in [1.807, 2.05) is 0 Å². The summed E-state index contributed by atoms with van der Waals surface area (Å²) in [6.07, 6.45) is 11.0. The molecule has 0 aliphatic carbocycles. The van der Waals surface area contributed by atoms with Gasteiger partial charge in [0.05, 0.1) is 0 Å². The molecule has 0 N–H and O–H groups in total. The zero-order chi connectivity index (χ0) is 11.3. The van der Waals surface area contributed by atoms with Crippen LogP contribution in [-0.2, 0) is 6.42 Å². The highest BCUT2D eigenvalue weighted by Crippen LogP contribution is 2.18. The molecule has 0 saturated carbocycles. The Kier molecular flexibility index (Phi) is 4.43. The van der Waals surface area contributed by atoms with Gasteiger partial charge in [0.1, 0.15) is 0 Å². The quantitative estimate of drug-likeness (QED) is 0.509. The van der Waals surface area contributed by atoms with E-state index in [0.717, 1.165) is 25.7 Å². The second-order valence-corrected chi connectivity index (χ2v) is 4.18. The lowest BCUT2D eigenvalue weighted by molar-refractivity contribution is 0.752. The average Bonchev–Trinajstić information content (AvgIpc) is 2.24. The Labute approximate surface area is 93.7 Å². The molecule has 0 saturated heterocycles. The monoisotopic (exact) mass is 199 g/mol. The first-order valence-electron chi connectivity index (χ1n) is 5.62. The van der Waals surface area contributed by atoms with Crippen LogP contribution in [0, 0.1) is 33.1 Å². The maximum Gasteiger partial charge on any atom is 0.00990 e. The van der Waals surface area contributed by atoms with Gasteiger partial charge in [0.25, 0.3) is 0 Å².